The Morgan fingerprint density at radius 1 is 1.05 bits per heavy atom. The van der Waals surface area contributed by atoms with E-state index >= 15 is 0 Å². The lowest BCUT2D eigenvalue weighted by molar-refractivity contribution is 0.405. The molecule has 0 aromatic heterocycles. The summed E-state index contributed by atoms with van der Waals surface area (Å²) in [6.45, 7) is 0. The van der Waals surface area contributed by atoms with Gasteiger partial charge in [-0.2, -0.15) is 0 Å². The van der Waals surface area contributed by atoms with Gasteiger partial charge in [-0.05, 0) is 33.6 Å². The molecule has 0 aliphatic carbocycles. The number of hydrogen-bond donors (Lipinski definition) is 0. The van der Waals surface area contributed by atoms with Crippen LogP contribution in [0.4, 0.5) is 8.78 Å². The molecule has 0 heterocycles. The average molecular weight is 378 g/mol. The normalized spacial score (nSPS) is 12.1. The molecule has 0 aliphatic heterocycles. The molecular weight excluding hydrogens is 366 g/mol. The minimum absolute atomic E-state index is 0.105. The highest BCUT2D eigenvalue weighted by Crippen LogP contribution is 2.37. The minimum atomic E-state index is -0.960. The maximum atomic E-state index is 14.0. The molecule has 0 fully saturated rings. The van der Waals surface area contributed by atoms with Crippen molar-refractivity contribution in [3.8, 4) is 11.5 Å². The summed E-state index contributed by atoms with van der Waals surface area (Å²) in [5.41, 5.74) is 0.335. The number of methoxy groups -OCH3 is 2. The summed E-state index contributed by atoms with van der Waals surface area (Å²) < 4.78 is 38.7. The van der Waals surface area contributed by atoms with Crippen LogP contribution < -0.4 is 9.47 Å². The van der Waals surface area contributed by atoms with Gasteiger partial charge in [-0.1, -0.05) is 6.07 Å². The highest BCUT2D eigenvalue weighted by Gasteiger charge is 2.22. The van der Waals surface area contributed by atoms with Gasteiger partial charge in [0, 0.05) is 17.7 Å². The second-order valence-electron chi connectivity index (χ2n) is 4.26. The number of hydrogen-bond acceptors (Lipinski definition) is 2. The number of rotatable bonds is 4. The standard InChI is InChI=1S/C15H12BrClF2O2/c1-20-9-6-11(18)14(12(19)7-9)15(17)8-3-4-13(21-2)10(16)5-8/h3-7,15H,1-2H3. The summed E-state index contributed by atoms with van der Waals surface area (Å²) in [7, 11) is 2.87. The van der Waals surface area contributed by atoms with Gasteiger partial charge in [0.25, 0.3) is 0 Å². The number of benzene rings is 2. The Bertz CT molecular complexity index is 641. The lowest BCUT2D eigenvalue weighted by atomic mass is 10.0. The monoisotopic (exact) mass is 376 g/mol. The van der Waals surface area contributed by atoms with Crippen molar-refractivity contribution in [2.45, 2.75) is 5.38 Å². The minimum Gasteiger partial charge on any atom is -0.497 e. The Kier molecular flexibility index (Phi) is 5.06. The van der Waals surface area contributed by atoms with E-state index in [-0.39, 0.29) is 11.3 Å². The van der Waals surface area contributed by atoms with Gasteiger partial charge < -0.3 is 9.47 Å². The van der Waals surface area contributed by atoms with E-state index in [2.05, 4.69) is 15.9 Å². The molecule has 21 heavy (non-hydrogen) atoms. The van der Waals surface area contributed by atoms with Gasteiger partial charge in [0.1, 0.15) is 23.1 Å². The van der Waals surface area contributed by atoms with Gasteiger partial charge >= 0.3 is 0 Å². The molecule has 0 spiro atoms. The van der Waals surface area contributed by atoms with Gasteiger partial charge in [-0.25, -0.2) is 8.78 Å². The molecule has 2 nitrogen and oxygen atoms in total. The molecule has 0 amide bonds. The quantitative estimate of drug-likeness (QED) is 0.692. The SMILES string of the molecule is COc1cc(F)c(C(Cl)c2ccc(OC)c(Br)c2)c(F)c1. The van der Waals surface area contributed by atoms with E-state index in [0.29, 0.717) is 15.8 Å². The fraction of sp³-hybridized carbons (Fsp3) is 0.200. The molecule has 1 atom stereocenters. The van der Waals surface area contributed by atoms with Crippen molar-refractivity contribution in [2.75, 3.05) is 14.2 Å². The Morgan fingerprint density at radius 3 is 2.14 bits per heavy atom. The highest BCUT2D eigenvalue weighted by atomic mass is 79.9. The Hall–Kier alpha value is -1.33. The predicted octanol–water partition coefficient (Wildman–Crippen LogP) is 5.07. The summed E-state index contributed by atoms with van der Waals surface area (Å²) in [6.07, 6.45) is 0. The number of ether oxygens (including phenoxy) is 2. The first-order valence-electron chi connectivity index (χ1n) is 5.98. The van der Waals surface area contributed by atoms with E-state index < -0.39 is 17.0 Å². The van der Waals surface area contributed by atoms with Gasteiger partial charge in [0.05, 0.1) is 24.1 Å². The van der Waals surface area contributed by atoms with E-state index in [9.17, 15) is 8.78 Å². The lowest BCUT2D eigenvalue weighted by Gasteiger charge is -2.15. The zero-order chi connectivity index (χ0) is 15.6. The molecule has 112 valence electrons. The maximum absolute atomic E-state index is 14.0. The van der Waals surface area contributed by atoms with Crippen LogP contribution in [-0.2, 0) is 0 Å². The van der Waals surface area contributed by atoms with Crippen molar-refractivity contribution >= 4 is 27.5 Å². The second-order valence-corrected chi connectivity index (χ2v) is 5.55. The highest BCUT2D eigenvalue weighted by molar-refractivity contribution is 9.10. The largest absolute Gasteiger partial charge is 0.497 e. The van der Waals surface area contributed by atoms with Crippen LogP contribution in [0.1, 0.15) is 16.5 Å². The molecule has 0 saturated heterocycles. The van der Waals surface area contributed by atoms with Crippen molar-refractivity contribution in [3.63, 3.8) is 0 Å². The zero-order valence-corrected chi connectivity index (χ0v) is 13.6. The van der Waals surface area contributed by atoms with E-state index in [1.807, 2.05) is 0 Å². The van der Waals surface area contributed by atoms with Crippen molar-refractivity contribution in [1.29, 1.82) is 0 Å². The fourth-order valence-electron chi connectivity index (χ4n) is 1.93. The van der Waals surface area contributed by atoms with Gasteiger partial charge in [-0.3, -0.25) is 0 Å². The molecule has 1 unspecified atom stereocenters. The van der Waals surface area contributed by atoms with Gasteiger partial charge in [0.2, 0.25) is 0 Å². The molecular formula is C15H12BrClF2O2. The van der Waals surface area contributed by atoms with Crippen molar-refractivity contribution in [3.05, 3.63) is 57.6 Å². The fourth-order valence-corrected chi connectivity index (χ4v) is 2.83. The van der Waals surface area contributed by atoms with Gasteiger partial charge in [0.15, 0.2) is 0 Å². The van der Waals surface area contributed by atoms with E-state index in [1.165, 1.54) is 14.2 Å². The van der Waals surface area contributed by atoms with E-state index in [1.54, 1.807) is 18.2 Å². The first-order valence-corrected chi connectivity index (χ1v) is 7.21. The molecule has 0 N–H and O–H groups in total. The van der Waals surface area contributed by atoms with Crippen molar-refractivity contribution in [1.82, 2.24) is 0 Å². The van der Waals surface area contributed by atoms with Crippen LogP contribution in [-0.4, -0.2) is 14.2 Å². The van der Waals surface area contributed by atoms with Crippen LogP contribution in [0.3, 0.4) is 0 Å². The van der Waals surface area contributed by atoms with Crippen LogP contribution in [0.2, 0.25) is 0 Å². The van der Waals surface area contributed by atoms with Crippen LogP contribution in [0.25, 0.3) is 0 Å². The summed E-state index contributed by atoms with van der Waals surface area (Å²) in [5, 5.41) is -0.960. The number of halogens is 4. The molecule has 0 aliphatic rings. The van der Waals surface area contributed by atoms with Gasteiger partial charge in [-0.15, -0.1) is 11.6 Å². The Balaban J connectivity index is 2.44. The third kappa shape index (κ3) is 3.30. The molecule has 0 bridgehead atoms. The third-order valence-electron chi connectivity index (χ3n) is 3.01. The molecule has 2 aromatic rings. The predicted molar refractivity (Wildman–Crippen MR) is 81.3 cm³/mol. The summed E-state index contributed by atoms with van der Waals surface area (Å²) in [5.74, 6) is -0.788. The first kappa shape index (κ1) is 16.0. The second kappa shape index (κ2) is 6.62. The summed E-state index contributed by atoms with van der Waals surface area (Å²) >= 11 is 9.54. The average Bonchev–Trinajstić information content (AvgIpc) is 2.46. The summed E-state index contributed by atoms with van der Waals surface area (Å²) in [6, 6.07) is 7.21. The van der Waals surface area contributed by atoms with Crippen molar-refractivity contribution < 1.29 is 18.3 Å². The number of alkyl halides is 1. The Morgan fingerprint density at radius 2 is 1.67 bits per heavy atom. The molecule has 0 radical (unpaired) electrons. The summed E-state index contributed by atoms with van der Waals surface area (Å²) in [4.78, 5) is 0. The third-order valence-corrected chi connectivity index (χ3v) is 4.10. The molecule has 0 saturated carbocycles. The van der Waals surface area contributed by atoms with E-state index in [0.717, 1.165) is 12.1 Å². The smallest absolute Gasteiger partial charge is 0.134 e. The topological polar surface area (TPSA) is 18.5 Å². The molecule has 2 rings (SSSR count). The van der Waals surface area contributed by atoms with E-state index in [4.69, 9.17) is 21.1 Å². The molecule has 2 aromatic carbocycles. The van der Waals surface area contributed by atoms with Crippen LogP contribution >= 0.6 is 27.5 Å². The Labute approximate surface area is 134 Å². The van der Waals surface area contributed by atoms with Crippen LogP contribution in [0.5, 0.6) is 11.5 Å². The zero-order valence-electron chi connectivity index (χ0n) is 11.3. The maximum Gasteiger partial charge on any atom is 0.134 e. The van der Waals surface area contributed by atoms with Crippen molar-refractivity contribution in [2.24, 2.45) is 0 Å². The van der Waals surface area contributed by atoms with Crippen LogP contribution in [0, 0.1) is 11.6 Å². The first-order chi connectivity index (χ1) is 9.97. The lowest BCUT2D eigenvalue weighted by Crippen LogP contribution is -2.02. The molecule has 6 heteroatoms. The van der Waals surface area contributed by atoms with Crippen LogP contribution in [0.15, 0.2) is 34.8 Å².